The molecule has 0 aliphatic carbocycles. The van der Waals surface area contributed by atoms with Gasteiger partial charge in [-0.05, 0) is 18.2 Å². The molecule has 6 nitrogen and oxygen atoms in total. The molecule has 0 unspecified atom stereocenters. The summed E-state index contributed by atoms with van der Waals surface area (Å²) in [5, 5.41) is 1.13. The summed E-state index contributed by atoms with van der Waals surface area (Å²) in [7, 11) is 0. The van der Waals surface area contributed by atoms with Crippen LogP contribution in [-0.2, 0) is 6.54 Å². The minimum absolute atomic E-state index is 0.162. The van der Waals surface area contributed by atoms with E-state index < -0.39 is 0 Å². The Balaban J connectivity index is 1.67. The van der Waals surface area contributed by atoms with Crippen molar-refractivity contribution in [3.8, 4) is 11.3 Å². The first kappa shape index (κ1) is 14.6. The molecular formula is C17H11ClN4O2. The van der Waals surface area contributed by atoms with Crippen molar-refractivity contribution >= 4 is 22.5 Å². The fourth-order valence-electron chi connectivity index (χ4n) is 2.43. The van der Waals surface area contributed by atoms with Gasteiger partial charge in [0.2, 0.25) is 5.89 Å². The van der Waals surface area contributed by atoms with Gasteiger partial charge in [-0.1, -0.05) is 23.7 Å². The first-order valence-electron chi connectivity index (χ1n) is 7.20. The van der Waals surface area contributed by atoms with Crippen LogP contribution in [-0.4, -0.2) is 19.5 Å². The third-order valence-corrected chi connectivity index (χ3v) is 3.83. The Bertz CT molecular complexity index is 1090. The van der Waals surface area contributed by atoms with Gasteiger partial charge in [-0.25, -0.2) is 9.97 Å². The zero-order valence-corrected chi connectivity index (χ0v) is 13.1. The Labute approximate surface area is 141 Å². The molecule has 3 aromatic heterocycles. The number of benzene rings is 1. The van der Waals surface area contributed by atoms with Gasteiger partial charge in [0.1, 0.15) is 6.54 Å². The second-order valence-electron chi connectivity index (χ2n) is 5.20. The number of oxazole rings is 1. The molecule has 0 atom stereocenters. The van der Waals surface area contributed by atoms with E-state index in [0.29, 0.717) is 27.6 Å². The molecule has 7 heteroatoms. The van der Waals surface area contributed by atoms with E-state index in [1.807, 2.05) is 12.1 Å². The van der Waals surface area contributed by atoms with Crippen LogP contribution in [0.1, 0.15) is 5.89 Å². The number of fused-ring (bicyclic) bond motifs is 1. The predicted octanol–water partition coefficient (Wildman–Crippen LogP) is 3.15. The van der Waals surface area contributed by atoms with Gasteiger partial charge in [0.25, 0.3) is 5.56 Å². The average molecular weight is 339 g/mol. The quantitative estimate of drug-likeness (QED) is 0.573. The molecular weight excluding hydrogens is 328 g/mol. The van der Waals surface area contributed by atoms with Crippen LogP contribution >= 0.6 is 11.6 Å². The van der Waals surface area contributed by atoms with Crippen molar-refractivity contribution in [2.24, 2.45) is 0 Å². The normalized spacial score (nSPS) is 11.0. The van der Waals surface area contributed by atoms with E-state index in [2.05, 4.69) is 15.0 Å². The molecule has 1 aromatic carbocycles. The largest absolute Gasteiger partial charge is 0.439 e. The summed E-state index contributed by atoms with van der Waals surface area (Å²) in [6.45, 7) is 0.199. The summed E-state index contributed by atoms with van der Waals surface area (Å²) in [6, 6.07) is 8.95. The molecule has 4 aromatic rings. The lowest BCUT2D eigenvalue weighted by molar-refractivity contribution is 0.484. The average Bonchev–Trinajstić information content (AvgIpc) is 3.06. The summed E-state index contributed by atoms with van der Waals surface area (Å²) < 4.78 is 7.18. The summed E-state index contributed by atoms with van der Waals surface area (Å²) in [5.41, 5.74) is 1.23. The minimum atomic E-state index is -0.162. The zero-order valence-electron chi connectivity index (χ0n) is 12.4. The molecule has 0 aliphatic rings. The highest BCUT2D eigenvalue weighted by Crippen LogP contribution is 2.23. The van der Waals surface area contributed by atoms with Crippen molar-refractivity contribution in [2.75, 3.05) is 0 Å². The van der Waals surface area contributed by atoms with E-state index in [1.165, 1.54) is 10.9 Å². The van der Waals surface area contributed by atoms with Crippen molar-refractivity contribution in [3.63, 3.8) is 0 Å². The summed E-state index contributed by atoms with van der Waals surface area (Å²) in [4.78, 5) is 24.9. The molecule has 0 N–H and O–H groups in total. The highest BCUT2D eigenvalue weighted by Gasteiger charge is 2.10. The van der Waals surface area contributed by atoms with Crippen molar-refractivity contribution in [3.05, 3.63) is 76.5 Å². The Kier molecular flexibility index (Phi) is 3.59. The minimum Gasteiger partial charge on any atom is -0.439 e. The Morgan fingerprint density at radius 3 is 2.96 bits per heavy atom. The lowest BCUT2D eigenvalue weighted by atomic mass is 10.2. The lowest BCUT2D eigenvalue weighted by Crippen LogP contribution is -2.21. The Morgan fingerprint density at radius 2 is 2.08 bits per heavy atom. The molecule has 0 saturated heterocycles. The molecule has 0 aliphatic heterocycles. The maximum absolute atomic E-state index is 12.5. The number of halogens is 1. The van der Waals surface area contributed by atoms with E-state index in [0.717, 1.165) is 5.56 Å². The maximum Gasteiger partial charge on any atom is 0.261 e. The summed E-state index contributed by atoms with van der Waals surface area (Å²) in [5.74, 6) is 1.01. The van der Waals surface area contributed by atoms with Gasteiger partial charge in [0, 0.05) is 16.8 Å². The first-order valence-corrected chi connectivity index (χ1v) is 7.58. The van der Waals surface area contributed by atoms with Crippen LogP contribution in [0.4, 0.5) is 0 Å². The van der Waals surface area contributed by atoms with Gasteiger partial charge >= 0.3 is 0 Å². The zero-order chi connectivity index (χ0) is 16.5. The van der Waals surface area contributed by atoms with E-state index in [4.69, 9.17) is 16.0 Å². The van der Waals surface area contributed by atoms with Crippen molar-refractivity contribution in [1.82, 2.24) is 19.5 Å². The van der Waals surface area contributed by atoms with Crippen molar-refractivity contribution in [2.45, 2.75) is 6.54 Å². The first-order chi connectivity index (χ1) is 11.7. The molecule has 4 rings (SSSR count). The molecule has 0 spiro atoms. The summed E-state index contributed by atoms with van der Waals surface area (Å²) in [6.07, 6.45) is 6.21. The van der Waals surface area contributed by atoms with Gasteiger partial charge in [0.15, 0.2) is 5.76 Å². The number of aromatic nitrogens is 4. The van der Waals surface area contributed by atoms with E-state index in [1.54, 1.807) is 36.8 Å². The smallest absolute Gasteiger partial charge is 0.261 e. The van der Waals surface area contributed by atoms with Gasteiger partial charge in [-0.15, -0.1) is 0 Å². The summed E-state index contributed by atoms with van der Waals surface area (Å²) >= 11 is 5.99. The van der Waals surface area contributed by atoms with Crippen LogP contribution in [0, 0.1) is 0 Å². The second-order valence-corrected chi connectivity index (χ2v) is 5.64. The van der Waals surface area contributed by atoms with Gasteiger partial charge in [-0.2, -0.15) is 0 Å². The fraction of sp³-hybridized carbons (Fsp3) is 0.0588. The number of pyridine rings is 1. The second kappa shape index (κ2) is 5.90. The fourth-order valence-corrected chi connectivity index (χ4v) is 2.62. The Hall–Kier alpha value is -2.99. The molecule has 0 radical (unpaired) electrons. The Morgan fingerprint density at radius 1 is 1.17 bits per heavy atom. The van der Waals surface area contributed by atoms with Crippen molar-refractivity contribution < 1.29 is 4.42 Å². The van der Waals surface area contributed by atoms with Gasteiger partial charge < -0.3 is 4.42 Å². The molecule has 0 amide bonds. The van der Waals surface area contributed by atoms with Gasteiger partial charge in [-0.3, -0.25) is 14.3 Å². The number of rotatable bonds is 3. The van der Waals surface area contributed by atoms with E-state index in [-0.39, 0.29) is 12.1 Å². The number of hydrogen-bond acceptors (Lipinski definition) is 5. The molecule has 24 heavy (non-hydrogen) atoms. The van der Waals surface area contributed by atoms with Crippen LogP contribution in [0.2, 0.25) is 5.02 Å². The molecule has 0 saturated carbocycles. The number of nitrogens with zero attached hydrogens (tertiary/aromatic N) is 4. The van der Waals surface area contributed by atoms with Crippen LogP contribution in [0.3, 0.4) is 0 Å². The standard InChI is InChI=1S/C17H11ClN4O2/c18-12-3-1-2-11(6-12)15-8-20-16(24-15)9-22-10-21-14-7-19-5-4-13(14)17(22)23/h1-8,10H,9H2. The van der Waals surface area contributed by atoms with E-state index in [9.17, 15) is 4.79 Å². The SMILES string of the molecule is O=c1c2ccncc2ncn1Cc1ncc(-c2cccc(Cl)c2)o1. The molecule has 3 heterocycles. The molecule has 0 bridgehead atoms. The molecule has 118 valence electrons. The van der Waals surface area contributed by atoms with E-state index >= 15 is 0 Å². The van der Waals surface area contributed by atoms with Crippen LogP contribution in [0.25, 0.3) is 22.2 Å². The van der Waals surface area contributed by atoms with Crippen LogP contribution in [0.15, 0.2) is 64.5 Å². The van der Waals surface area contributed by atoms with Crippen LogP contribution in [0.5, 0.6) is 0 Å². The maximum atomic E-state index is 12.5. The number of hydrogen-bond donors (Lipinski definition) is 0. The lowest BCUT2D eigenvalue weighted by Gasteiger charge is -2.03. The predicted molar refractivity (Wildman–Crippen MR) is 89.8 cm³/mol. The topological polar surface area (TPSA) is 73.8 Å². The van der Waals surface area contributed by atoms with Gasteiger partial charge in [0.05, 0.1) is 29.6 Å². The highest BCUT2D eigenvalue weighted by molar-refractivity contribution is 6.30. The monoisotopic (exact) mass is 338 g/mol. The highest BCUT2D eigenvalue weighted by atomic mass is 35.5. The van der Waals surface area contributed by atoms with Crippen molar-refractivity contribution in [1.29, 1.82) is 0 Å². The van der Waals surface area contributed by atoms with Crippen LogP contribution < -0.4 is 5.56 Å². The third kappa shape index (κ3) is 2.68. The third-order valence-electron chi connectivity index (χ3n) is 3.60. The molecule has 0 fully saturated rings.